The average Bonchev–Trinajstić information content (AvgIpc) is 2.82. The van der Waals surface area contributed by atoms with Crippen molar-refractivity contribution < 1.29 is 48.0 Å². The number of cyclic esters (lactones) is 3. The number of carboxylic acid groups (broad SMARTS) is 1. The van der Waals surface area contributed by atoms with Gasteiger partial charge in [0.25, 0.3) is 6.47 Å². The molecule has 0 aromatic carbocycles. The Kier molecular flexibility index (Phi) is 16.8. The molecule has 10 nitrogen and oxygen atoms in total. The van der Waals surface area contributed by atoms with Crippen molar-refractivity contribution in [2.45, 2.75) is 58.7 Å². The number of carbonyl (C=O) groups is 5. The Balaban J connectivity index is 0. The van der Waals surface area contributed by atoms with Crippen LogP contribution in [0.2, 0.25) is 0 Å². The lowest BCUT2D eigenvalue weighted by molar-refractivity contribution is -0.191. The molecule has 156 valence electrons. The van der Waals surface area contributed by atoms with Crippen molar-refractivity contribution in [3.8, 4) is 0 Å². The van der Waals surface area contributed by atoms with E-state index in [0.717, 1.165) is 19.3 Å². The molecule has 0 amide bonds. The van der Waals surface area contributed by atoms with Crippen molar-refractivity contribution in [1.82, 2.24) is 0 Å². The van der Waals surface area contributed by atoms with Crippen LogP contribution < -0.4 is 0 Å². The van der Waals surface area contributed by atoms with Crippen LogP contribution in [-0.4, -0.2) is 67.8 Å². The lowest BCUT2D eigenvalue weighted by Crippen LogP contribution is -2.40. The third kappa shape index (κ3) is 16.7. The van der Waals surface area contributed by atoms with E-state index in [4.69, 9.17) is 14.6 Å². The highest BCUT2D eigenvalue weighted by atomic mass is 16.6. The third-order valence-electron chi connectivity index (χ3n) is 2.89. The van der Waals surface area contributed by atoms with Crippen LogP contribution in [0.5, 0.6) is 0 Å². The quantitative estimate of drug-likeness (QED) is 0.409. The number of methoxy groups -OCH3 is 1. The van der Waals surface area contributed by atoms with Crippen LogP contribution in [0.3, 0.4) is 0 Å². The highest BCUT2D eigenvalue weighted by Gasteiger charge is 2.32. The summed E-state index contributed by atoms with van der Waals surface area (Å²) in [5.74, 6) is -0.917. The van der Waals surface area contributed by atoms with E-state index in [9.17, 15) is 19.2 Å². The molecule has 27 heavy (non-hydrogen) atoms. The largest absolute Gasteiger partial charge is 0.483 e. The molecule has 0 bridgehead atoms. The molecule has 0 aromatic rings. The number of ketones is 1. The van der Waals surface area contributed by atoms with Crippen LogP contribution in [0, 0.1) is 0 Å². The molecule has 1 N–H and O–H groups in total. The molecule has 10 heteroatoms. The van der Waals surface area contributed by atoms with Crippen LogP contribution >= 0.6 is 0 Å². The normalized spacial score (nSPS) is 21.0. The summed E-state index contributed by atoms with van der Waals surface area (Å²) < 4.78 is 18.4. The topological polar surface area (TPSA) is 142 Å². The fourth-order valence-corrected chi connectivity index (χ4v) is 1.65. The first-order valence-electron chi connectivity index (χ1n) is 8.32. The molecule has 0 radical (unpaired) electrons. The van der Waals surface area contributed by atoms with E-state index in [1.165, 1.54) is 27.9 Å². The van der Waals surface area contributed by atoms with E-state index in [-0.39, 0.29) is 24.8 Å². The van der Waals surface area contributed by atoms with Gasteiger partial charge in [0.1, 0.15) is 6.61 Å². The number of Topliss-reactive ketones (excluding diaryl/α,β-unsaturated/α-hetero) is 1. The van der Waals surface area contributed by atoms with Crippen molar-refractivity contribution in [2.24, 2.45) is 0 Å². The Morgan fingerprint density at radius 1 is 1.11 bits per heavy atom. The monoisotopic (exact) mass is 392 g/mol. The first-order chi connectivity index (χ1) is 12.7. The van der Waals surface area contributed by atoms with Gasteiger partial charge in [0, 0.05) is 13.5 Å². The van der Waals surface area contributed by atoms with E-state index in [0.29, 0.717) is 13.0 Å². The first-order valence-corrected chi connectivity index (χ1v) is 8.32. The van der Waals surface area contributed by atoms with Crippen molar-refractivity contribution >= 4 is 30.2 Å². The summed E-state index contributed by atoms with van der Waals surface area (Å²) in [5.41, 5.74) is 0. The standard InChI is InChI=1S/C6H8O4.C6H10O2.C4H8O2.CH2O2/c1-3-5(7)10-4(2)6(8)9-3;7-6-4-2-1-3-5-8-6;1-4(5)3-6-2;2-1-3/h3-4H,1-2H3;1-5H2;3H2,1-2H3;1H,(H,2,3). The van der Waals surface area contributed by atoms with Gasteiger partial charge in [-0.05, 0) is 40.0 Å². The second-order valence-corrected chi connectivity index (χ2v) is 5.43. The van der Waals surface area contributed by atoms with Gasteiger partial charge >= 0.3 is 17.9 Å². The SMILES string of the molecule is CC1OC(=O)C(C)OC1=O.COCC(C)=O.O=C1CCCCCO1.O=CO. The molecule has 2 rings (SSSR count). The van der Waals surface area contributed by atoms with Gasteiger partial charge in [-0.15, -0.1) is 0 Å². The second kappa shape index (κ2) is 17.0. The number of carbonyl (C=O) groups excluding carboxylic acids is 4. The fraction of sp³-hybridized carbons (Fsp3) is 0.706. The highest BCUT2D eigenvalue weighted by Crippen LogP contribution is 2.08. The summed E-state index contributed by atoms with van der Waals surface area (Å²) in [6, 6.07) is 0. The van der Waals surface area contributed by atoms with Gasteiger partial charge in [0.2, 0.25) is 0 Å². The minimum absolute atomic E-state index is 0.0255. The van der Waals surface area contributed by atoms with Crippen LogP contribution in [0.15, 0.2) is 0 Å². The van der Waals surface area contributed by atoms with Gasteiger partial charge < -0.3 is 24.1 Å². The highest BCUT2D eigenvalue weighted by molar-refractivity contribution is 5.86. The van der Waals surface area contributed by atoms with E-state index in [2.05, 4.69) is 14.2 Å². The zero-order valence-electron chi connectivity index (χ0n) is 16.1. The lowest BCUT2D eigenvalue weighted by atomic mass is 10.2. The van der Waals surface area contributed by atoms with Crippen LogP contribution in [0.4, 0.5) is 0 Å². The zero-order valence-corrected chi connectivity index (χ0v) is 16.1. The predicted octanol–water partition coefficient (Wildman–Crippen LogP) is 0.890. The van der Waals surface area contributed by atoms with E-state index in [1.807, 2.05) is 0 Å². The molecule has 2 aliphatic heterocycles. The van der Waals surface area contributed by atoms with Crippen LogP contribution in [0.25, 0.3) is 0 Å². The Morgan fingerprint density at radius 2 is 1.59 bits per heavy atom. The van der Waals surface area contributed by atoms with Crippen LogP contribution in [-0.2, 0) is 42.9 Å². The molecule has 2 atom stereocenters. The number of esters is 3. The molecule has 0 saturated carbocycles. The molecule has 2 fully saturated rings. The number of ether oxygens (including phenoxy) is 4. The van der Waals surface area contributed by atoms with Crippen molar-refractivity contribution in [3.05, 3.63) is 0 Å². The maximum atomic E-state index is 10.7. The molecule has 0 aromatic heterocycles. The number of rotatable bonds is 2. The lowest BCUT2D eigenvalue weighted by Gasteiger charge is -2.22. The minimum Gasteiger partial charge on any atom is -0.483 e. The van der Waals surface area contributed by atoms with Crippen LogP contribution in [0.1, 0.15) is 46.5 Å². The molecule has 2 unspecified atom stereocenters. The maximum Gasteiger partial charge on any atom is 0.347 e. The number of hydrogen-bond acceptors (Lipinski definition) is 9. The maximum absolute atomic E-state index is 10.7. The Bertz CT molecular complexity index is 444. The van der Waals surface area contributed by atoms with Crippen molar-refractivity contribution in [1.29, 1.82) is 0 Å². The van der Waals surface area contributed by atoms with Gasteiger partial charge in [-0.3, -0.25) is 14.4 Å². The number of hydrogen-bond donors (Lipinski definition) is 1. The summed E-state index contributed by atoms with van der Waals surface area (Å²) >= 11 is 0. The summed E-state index contributed by atoms with van der Waals surface area (Å²) in [7, 11) is 1.50. The van der Waals surface area contributed by atoms with Gasteiger partial charge in [0.05, 0.1) is 6.61 Å². The minimum atomic E-state index is -0.747. The zero-order chi connectivity index (χ0) is 21.2. The molecule has 2 aliphatic rings. The molecule has 0 aliphatic carbocycles. The Labute approximate surface area is 158 Å². The summed E-state index contributed by atoms with van der Waals surface area (Å²) in [4.78, 5) is 50.0. The second-order valence-electron chi connectivity index (χ2n) is 5.43. The smallest absolute Gasteiger partial charge is 0.347 e. The average molecular weight is 392 g/mol. The van der Waals surface area contributed by atoms with Gasteiger partial charge in [-0.1, -0.05) is 0 Å². The molecule has 0 spiro atoms. The Morgan fingerprint density at radius 3 is 1.96 bits per heavy atom. The molecular formula is C17H28O10. The van der Waals surface area contributed by atoms with E-state index in [1.54, 1.807) is 0 Å². The van der Waals surface area contributed by atoms with Gasteiger partial charge in [0.15, 0.2) is 18.0 Å². The van der Waals surface area contributed by atoms with Crippen molar-refractivity contribution in [3.63, 3.8) is 0 Å². The third-order valence-corrected chi connectivity index (χ3v) is 2.89. The first kappa shape index (κ1) is 26.7. The molecule has 2 saturated heterocycles. The van der Waals surface area contributed by atoms with Gasteiger partial charge in [-0.25, -0.2) is 9.59 Å². The molecule has 2 heterocycles. The predicted molar refractivity (Wildman–Crippen MR) is 91.8 cm³/mol. The van der Waals surface area contributed by atoms with Gasteiger partial charge in [-0.2, -0.15) is 0 Å². The molecular weight excluding hydrogens is 364 g/mol. The Hall–Kier alpha value is -2.49. The summed E-state index contributed by atoms with van der Waals surface area (Å²) in [6.45, 7) is 5.07. The van der Waals surface area contributed by atoms with Crippen molar-refractivity contribution in [2.75, 3.05) is 20.3 Å². The summed E-state index contributed by atoms with van der Waals surface area (Å²) in [5, 5.41) is 6.89. The summed E-state index contributed by atoms with van der Waals surface area (Å²) in [6.07, 6.45) is 2.34. The fourth-order valence-electron chi connectivity index (χ4n) is 1.65. The van der Waals surface area contributed by atoms with E-state index < -0.39 is 24.1 Å². The van der Waals surface area contributed by atoms with E-state index >= 15 is 0 Å².